The molecule has 0 bridgehead atoms. The lowest BCUT2D eigenvalue weighted by Crippen LogP contribution is -2.36. The SMILES string of the molecule is COc1cc(/C=C(\C#N)c2ccccc2)ccc1OC(=O)CN1C(=O)c2ccccc2C1=O. The largest absolute Gasteiger partial charge is 0.493 e. The molecule has 3 aromatic carbocycles. The van der Waals surface area contributed by atoms with Crippen LogP contribution in [0.3, 0.4) is 0 Å². The van der Waals surface area contributed by atoms with Crippen molar-refractivity contribution >= 4 is 29.4 Å². The molecular formula is C26H18N2O5. The number of nitriles is 1. The van der Waals surface area contributed by atoms with Crippen LogP contribution in [-0.4, -0.2) is 36.3 Å². The average molecular weight is 438 g/mol. The monoisotopic (exact) mass is 438 g/mol. The molecule has 1 heterocycles. The zero-order valence-corrected chi connectivity index (χ0v) is 17.6. The molecule has 0 atom stereocenters. The van der Waals surface area contributed by atoms with Crippen molar-refractivity contribution < 1.29 is 23.9 Å². The number of carbonyl (C=O) groups is 3. The quantitative estimate of drug-likeness (QED) is 0.190. The number of amides is 2. The van der Waals surface area contributed by atoms with E-state index in [1.807, 2.05) is 30.3 Å². The molecule has 0 spiro atoms. The summed E-state index contributed by atoms with van der Waals surface area (Å²) >= 11 is 0. The number of nitrogens with zero attached hydrogens (tertiary/aromatic N) is 2. The number of benzene rings is 3. The van der Waals surface area contributed by atoms with Crippen molar-refractivity contribution in [3.63, 3.8) is 0 Å². The van der Waals surface area contributed by atoms with E-state index in [0.29, 0.717) is 11.1 Å². The van der Waals surface area contributed by atoms with Crippen LogP contribution in [0.1, 0.15) is 31.8 Å². The highest BCUT2D eigenvalue weighted by Crippen LogP contribution is 2.30. The van der Waals surface area contributed by atoms with Crippen LogP contribution in [0, 0.1) is 11.3 Å². The molecule has 4 rings (SSSR count). The highest BCUT2D eigenvalue weighted by atomic mass is 16.6. The number of esters is 1. The van der Waals surface area contributed by atoms with Crippen LogP contribution in [-0.2, 0) is 4.79 Å². The van der Waals surface area contributed by atoms with E-state index in [0.717, 1.165) is 10.5 Å². The third kappa shape index (κ3) is 4.36. The van der Waals surface area contributed by atoms with Gasteiger partial charge in [0.05, 0.1) is 29.9 Å². The number of carbonyl (C=O) groups excluding carboxylic acids is 3. The van der Waals surface area contributed by atoms with Crippen LogP contribution >= 0.6 is 0 Å². The minimum atomic E-state index is -0.784. The number of ether oxygens (including phenoxy) is 2. The molecular weight excluding hydrogens is 420 g/mol. The van der Waals surface area contributed by atoms with Gasteiger partial charge in [0.2, 0.25) is 0 Å². The smallest absolute Gasteiger partial charge is 0.331 e. The first-order valence-corrected chi connectivity index (χ1v) is 10.0. The molecule has 0 saturated carbocycles. The second kappa shape index (κ2) is 9.20. The Morgan fingerprint density at radius 3 is 2.18 bits per heavy atom. The third-order valence-corrected chi connectivity index (χ3v) is 5.09. The van der Waals surface area contributed by atoms with Gasteiger partial charge in [0.1, 0.15) is 6.54 Å². The maximum absolute atomic E-state index is 12.5. The number of allylic oxidation sites excluding steroid dienone is 1. The molecule has 7 heteroatoms. The first-order chi connectivity index (χ1) is 16.0. The Balaban J connectivity index is 1.51. The second-order valence-corrected chi connectivity index (χ2v) is 7.16. The zero-order chi connectivity index (χ0) is 23.4. The van der Waals surface area contributed by atoms with Gasteiger partial charge in [-0.3, -0.25) is 14.5 Å². The molecule has 0 N–H and O–H groups in total. The molecule has 3 aromatic rings. The van der Waals surface area contributed by atoms with Gasteiger partial charge in [-0.1, -0.05) is 48.5 Å². The van der Waals surface area contributed by atoms with E-state index in [2.05, 4.69) is 6.07 Å². The molecule has 162 valence electrons. The summed E-state index contributed by atoms with van der Waals surface area (Å²) in [6.45, 7) is -0.524. The average Bonchev–Trinajstić information content (AvgIpc) is 3.08. The van der Waals surface area contributed by atoms with E-state index in [1.54, 1.807) is 42.5 Å². The first-order valence-electron chi connectivity index (χ1n) is 10.0. The van der Waals surface area contributed by atoms with Crippen molar-refractivity contribution in [3.8, 4) is 17.6 Å². The Morgan fingerprint density at radius 2 is 1.58 bits per heavy atom. The molecule has 0 unspecified atom stereocenters. The Labute approximate surface area is 190 Å². The highest BCUT2D eigenvalue weighted by Gasteiger charge is 2.36. The molecule has 1 aliphatic rings. The summed E-state index contributed by atoms with van der Waals surface area (Å²) in [4.78, 5) is 38.3. The summed E-state index contributed by atoms with van der Waals surface area (Å²) in [6, 6.07) is 22.6. The topological polar surface area (TPSA) is 96.7 Å². The predicted octanol–water partition coefficient (Wildman–Crippen LogP) is 3.96. The predicted molar refractivity (Wildman–Crippen MR) is 120 cm³/mol. The molecule has 2 amide bonds. The molecule has 0 aromatic heterocycles. The number of fused-ring (bicyclic) bond motifs is 1. The maximum Gasteiger partial charge on any atom is 0.331 e. The molecule has 33 heavy (non-hydrogen) atoms. The van der Waals surface area contributed by atoms with E-state index >= 15 is 0 Å². The van der Waals surface area contributed by atoms with Gasteiger partial charge in [-0.25, -0.2) is 4.79 Å². The van der Waals surface area contributed by atoms with E-state index in [9.17, 15) is 19.6 Å². The summed E-state index contributed by atoms with van der Waals surface area (Å²) in [6.07, 6.45) is 1.70. The summed E-state index contributed by atoms with van der Waals surface area (Å²) in [5.41, 5.74) is 2.43. The first kappa shape index (κ1) is 21.5. The van der Waals surface area contributed by atoms with Gasteiger partial charge >= 0.3 is 5.97 Å². The van der Waals surface area contributed by atoms with E-state index in [-0.39, 0.29) is 22.6 Å². The van der Waals surface area contributed by atoms with Gasteiger partial charge in [-0.15, -0.1) is 0 Å². The van der Waals surface area contributed by atoms with Crippen LogP contribution < -0.4 is 9.47 Å². The van der Waals surface area contributed by atoms with Crippen LogP contribution in [0.15, 0.2) is 72.8 Å². The van der Waals surface area contributed by atoms with Crippen LogP contribution in [0.4, 0.5) is 0 Å². The van der Waals surface area contributed by atoms with Gasteiger partial charge in [0, 0.05) is 0 Å². The summed E-state index contributed by atoms with van der Waals surface area (Å²) < 4.78 is 10.7. The van der Waals surface area contributed by atoms with Crippen LogP contribution in [0.25, 0.3) is 11.6 Å². The normalized spacial score (nSPS) is 12.8. The van der Waals surface area contributed by atoms with E-state index in [4.69, 9.17) is 9.47 Å². The Bertz CT molecular complexity index is 1290. The lowest BCUT2D eigenvalue weighted by atomic mass is 10.0. The molecule has 1 aliphatic heterocycles. The number of methoxy groups -OCH3 is 1. The molecule has 7 nitrogen and oxygen atoms in total. The fourth-order valence-electron chi connectivity index (χ4n) is 3.49. The standard InChI is InChI=1S/C26H18N2O5/c1-32-23-14-17(13-19(15-27)18-7-3-2-4-8-18)11-12-22(23)33-24(29)16-28-25(30)20-9-5-6-10-21(20)26(28)31/h2-14H,16H2,1H3/b19-13+. The summed E-state index contributed by atoms with van der Waals surface area (Å²) in [5.74, 6) is -1.46. The number of imide groups is 1. The van der Waals surface area contributed by atoms with Gasteiger partial charge in [-0.05, 0) is 41.5 Å². The number of hydrogen-bond acceptors (Lipinski definition) is 6. The summed E-state index contributed by atoms with van der Waals surface area (Å²) in [5, 5.41) is 9.51. The lowest BCUT2D eigenvalue weighted by Gasteiger charge is -2.14. The Morgan fingerprint density at radius 1 is 0.939 bits per heavy atom. The van der Waals surface area contributed by atoms with Crippen molar-refractivity contribution in [2.75, 3.05) is 13.7 Å². The molecule has 0 aliphatic carbocycles. The van der Waals surface area contributed by atoms with Gasteiger partial charge in [-0.2, -0.15) is 5.26 Å². The lowest BCUT2D eigenvalue weighted by molar-refractivity contribution is -0.134. The zero-order valence-electron chi connectivity index (χ0n) is 17.6. The third-order valence-electron chi connectivity index (χ3n) is 5.09. The Hall–Kier alpha value is -4.70. The second-order valence-electron chi connectivity index (χ2n) is 7.16. The van der Waals surface area contributed by atoms with Gasteiger partial charge < -0.3 is 9.47 Å². The van der Waals surface area contributed by atoms with Crippen molar-refractivity contribution in [1.29, 1.82) is 5.26 Å². The number of rotatable bonds is 6. The van der Waals surface area contributed by atoms with Crippen molar-refractivity contribution in [2.24, 2.45) is 0 Å². The van der Waals surface area contributed by atoms with Crippen molar-refractivity contribution in [2.45, 2.75) is 0 Å². The van der Waals surface area contributed by atoms with Gasteiger partial charge in [0.15, 0.2) is 11.5 Å². The molecule has 0 fully saturated rings. The van der Waals surface area contributed by atoms with E-state index < -0.39 is 24.3 Å². The fourth-order valence-corrected chi connectivity index (χ4v) is 3.49. The summed E-state index contributed by atoms with van der Waals surface area (Å²) in [7, 11) is 1.42. The molecule has 0 radical (unpaired) electrons. The van der Waals surface area contributed by atoms with Gasteiger partial charge in [0.25, 0.3) is 11.8 Å². The minimum Gasteiger partial charge on any atom is -0.493 e. The Kier molecular flexibility index (Phi) is 6.00. The minimum absolute atomic E-state index is 0.134. The number of hydrogen-bond donors (Lipinski definition) is 0. The molecule has 0 saturated heterocycles. The van der Waals surface area contributed by atoms with Crippen LogP contribution in [0.2, 0.25) is 0 Å². The van der Waals surface area contributed by atoms with Crippen molar-refractivity contribution in [1.82, 2.24) is 4.90 Å². The van der Waals surface area contributed by atoms with Crippen molar-refractivity contribution in [3.05, 3.63) is 95.1 Å². The van der Waals surface area contributed by atoms with Crippen LogP contribution in [0.5, 0.6) is 11.5 Å². The highest BCUT2D eigenvalue weighted by molar-refractivity contribution is 6.22. The van der Waals surface area contributed by atoms with E-state index in [1.165, 1.54) is 13.2 Å². The fraction of sp³-hybridized carbons (Fsp3) is 0.0769. The maximum atomic E-state index is 12.5.